The number of allylic oxidation sites excluding steroid dienone is 1. The van der Waals surface area contributed by atoms with Crippen LogP contribution in [-0.4, -0.2) is 9.67 Å². The van der Waals surface area contributed by atoms with E-state index in [-0.39, 0.29) is 17.4 Å². The van der Waals surface area contributed by atoms with Gasteiger partial charge in [-0.15, -0.1) is 0 Å². The first kappa shape index (κ1) is 20.4. The van der Waals surface area contributed by atoms with E-state index in [1.165, 1.54) is 22.5 Å². The third-order valence-corrected chi connectivity index (χ3v) is 7.76. The molecule has 6 heteroatoms. The molecule has 0 fully saturated rings. The van der Waals surface area contributed by atoms with E-state index in [0.29, 0.717) is 9.33 Å². The summed E-state index contributed by atoms with van der Waals surface area (Å²) in [6.07, 6.45) is 3.69. The molecule has 1 atom stereocenters. The highest BCUT2D eigenvalue weighted by Gasteiger charge is 2.32. The van der Waals surface area contributed by atoms with Crippen molar-refractivity contribution in [2.24, 2.45) is 4.99 Å². The summed E-state index contributed by atoms with van der Waals surface area (Å²) in [6.45, 7) is 0. The summed E-state index contributed by atoms with van der Waals surface area (Å²) in [5, 5.41) is 9.59. The third kappa shape index (κ3) is 3.50. The molecule has 33 heavy (non-hydrogen) atoms. The SMILES string of the molecule is O=c1c(=Cc2ccc(O)cc2)sc2n1C(c1ccc(Br)cc1)C1=C(N=2)c2ccccc2CC1. The van der Waals surface area contributed by atoms with Gasteiger partial charge in [0, 0.05) is 10.0 Å². The number of benzene rings is 3. The molecule has 0 bridgehead atoms. The standard InChI is InChI=1S/C27H19BrN2O2S/c28-19-10-7-18(8-11-19)25-22-14-9-17-3-1-2-4-21(17)24(22)29-27-30(25)26(32)23(33-27)15-16-5-12-20(31)13-6-16/h1-8,10-13,15,25,31H,9,14H2. The van der Waals surface area contributed by atoms with Crippen molar-refractivity contribution in [1.29, 1.82) is 0 Å². The van der Waals surface area contributed by atoms with E-state index in [9.17, 15) is 9.90 Å². The van der Waals surface area contributed by atoms with E-state index < -0.39 is 0 Å². The van der Waals surface area contributed by atoms with Gasteiger partial charge in [0.15, 0.2) is 4.80 Å². The number of aromatic nitrogens is 1. The average Bonchev–Trinajstić information content (AvgIpc) is 3.14. The summed E-state index contributed by atoms with van der Waals surface area (Å²) in [4.78, 5) is 19.4. The maximum Gasteiger partial charge on any atom is 0.271 e. The molecule has 162 valence electrons. The summed E-state index contributed by atoms with van der Waals surface area (Å²) >= 11 is 4.95. The molecule has 1 N–H and O–H groups in total. The first-order chi connectivity index (χ1) is 16.1. The number of aromatic hydroxyl groups is 1. The first-order valence-corrected chi connectivity index (χ1v) is 12.4. The number of fused-ring (bicyclic) bond motifs is 3. The quantitative estimate of drug-likeness (QED) is 0.418. The second-order valence-electron chi connectivity index (χ2n) is 8.26. The Labute approximate surface area is 202 Å². The second-order valence-corrected chi connectivity index (χ2v) is 10.2. The summed E-state index contributed by atoms with van der Waals surface area (Å²) in [7, 11) is 0. The molecule has 3 aromatic carbocycles. The molecular weight excluding hydrogens is 496 g/mol. The zero-order valence-corrected chi connectivity index (χ0v) is 19.9. The lowest BCUT2D eigenvalue weighted by Gasteiger charge is -2.30. The normalized spacial score (nSPS) is 17.2. The lowest BCUT2D eigenvalue weighted by molar-refractivity contribution is 0.475. The van der Waals surface area contributed by atoms with Gasteiger partial charge in [0.2, 0.25) is 0 Å². The van der Waals surface area contributed by atoms with Crippen LogP contribution in [0.1, 0.15) is 34.7 Å². The maximum atomic E-state index is 13.7. The fraction of sp³-hybridized carbons (Fsp3) is 0.111. The molecule has 4 aromatic rings. The average molecular weight is 515 g/mol. The zero-order valence-electron chi connectivity index (χ0n) is 17.5. The second kappa shape index (κ2) is 7.97. The minimum atomic E-state index is -0.181. The molecule has 1 unspecified atom stereocenters. The topological polar surface area (TPSA) is 54.6 Å². The predicted molar refractivity (Wildman–Crippen MR) is 135 cm³/mol. The number of thiazole rings is 1. The van der Waals surface area contributed by atoms with Gasteiger partial charge in [0.1, 0.15) is 5.75 Å². The number of phenols is 1. The van der Waals surface area contributed by atoms with Gasteiger partial charge in [-0.25, -0.2) is 4.99 Å². The van der Waals surface area contributed by atoms with Gasteiger partial charge in [0.05, 0.1) is 16.3 Å². The molecule has 0 spiro atoms. The molecule has 1 aliphatic heterocycles. The molecular formula is C27H19BrN2O2S. The van der Waals surface area contributed by atoms with Crippen molar-refractivity contribution in [3.63, 3.8) is 0 Å². The summed E-state index contributed by atoms with van der Waals surface area (Å²) in [5.74, 6) is 0.204. The van der Waals surface area contributed by atoms with Crippen LogP contribution in [0.2, 0.25) is 0 Å². The number of hydrogen-bond donors (Lipinski definition) is 1. The minimum absolute atomic E-state index is 0.0369. The molecule has 2 heterocycles. The molecule has 0 saturated carbocycles. The highest BCUT2D eigenvalue weighted by molar-refractivity contribution is 9.10. The molecule has 1 aliphatic carbocycles. The number of rotatable bonds is 2. The first-order valence-electron chi connectivity index (χ1n) is 10.8. The van der Waals surface area contributed by atoms with Gasteiger partial charge in [0.25, 0.3) is 5.56 Å². The van der Waals surface area contributed by atoms with E-state index in [4.69, 9.17) is 4.99 Å². The van der Waals surface area contributed by atoms with Crippen LogP contribution >= 0.6 is 27.3 Å². The van der Waals surface area contributed by atoms with Crippen LogP contribution in [0.4, 0.5) is 0 Å². The summed E-state index contributed by atoms with van der Waals surface area (Å²) in [5.41, 5.74) is 6.58. The van der Waals surface area contributed by atoms with Gasteiger partial charge in [-0.3, -0.25) is 9.36 Å². The lowest BCUT2D eigenvalue weighted by Crippen LogP contribution is -2.38. The molecule has 0 saturated heterocycles. The lowest BCUT2D eigenvalue weighted by atomic mass is 9.83. The van der Waals surface area contributed by atoms with Crippen LogP contribution in [0.25, 0.3) is 11.8 Å². The molecule has 2 aliphatic rings. The van der Waals surface area contributed by atoms with E-state index in [1.807, 2.05) is 22.8 Å². The summed E-state index contributed by atoms with van der Waals surface area (Å²) in [6, 6.07) is 23.3. The van der Waals surface area contributed by atoms with Crippen molar-refractivity contribution in [3.8, 4) is 5.75 Å². The number of phenolic OH excluding ortho intramolecular Hbond substituents is 1. The number of hydrogen-bond acceptors (Lipinski definition) is 4. The van der Waals surface area contributed by atoms with Crippen molar-refractivity contribution in [2.45, 2.75) is 18.9 Å². The van der Waals surface area contributed by atoms with Crippen molar-refractivity contribution in [1.82, 2.24) is 4.57 Å². The smallest absolute Gasteiger partial charge is 0.271 e. The van der Waals surface area contributed by atoms with Gasteiger partial charge in [-0.2, -0.15) is 0 Å². The monoisotopic (exact) mass is 514 g/mol. The maximum absolute atomic E-state index is 13.7. The fourth-order valence-electron chi connectivity index (χ4n) is 4.69. The van der Waals surface area contributed by atoms with Gasteiger partial charge >= 0.3 is 0 Å². The molecule has 0 radical (unpaired) electrons. The van der Waals surface area contributed by atoms with Gasteiger partial charge in [-0.05, 0) is 65.4 Å². The Morgan fingerprint density at radius 2 is 1.76 bits per heavy atom. The minimum Gasteiger partial charge on any atom is -0.508 e. The van der Waals surface area contributed by atoms with Crippen LogP contribution in [0.3, 0.4) is 0 Å². The van der Waals surface area contributed by atoms with Crippen LogP contribution < -0.4 is 14.9 Å². The molecule has 1 aromatic heterocycles. The molecule has 4 nitrogen and oxygen atoms in total. The van der Waals surface area contributed by atoms with Crippen molar-refractivity contribution in [3.05, 3.63) is 125 Å². The Morgan fingerprint density at radius 3 is 2.55 bits per heavy atom. The van der Waals surface area contributed by atoms with Crippen LogP contribution in [0.15, 0.2) is 92.6 Å². The Balaban J connectivity index is 1.62. The van der Waals surface area contributed by atoms with Gasteiger partial charge < -0.3 is 5.11 Å². The van der Waals surface area contributed by atoms with Crippen LogP contribution in [0, 0.1) is 0 Å². The third-order valence-electron chi connectivity index (χ3n) is 6.25. The van der Waals surface area contributed by atoms with Crippen LogP contribution in [-0.2, 0) is 6.42 Å². The van der Waals surface area contributed by atoms with Gasteiger partial charge in [-0.1, -0.05) is 75.8 Å². The Bertz CT molecular complexity index is 1600. The van der Waals surface area contributed by atoms with Crippen molar-refractivity contribution < 1.29 is 5.11 Å². The zero-order chi connectivity index (χ0) is 22.5. The number of aryl methyl sites for hydroxylation is 1. The van der Waals surface area contributed by atoms with Crippen LogP contribution in [0.5, 0.6) is 5.75 Å². The Kier molecular flexibility index (Phi) is 4.93. The fourth-order valence-corrected chi connectivity index (χ4v) is 5.95. The Hall–Kier alpha value is -3.22. The van der Waals surface area contributed by atoms with Crippen molar-refractivity contribution >= 4 is 39.0 Å². The Morgan fingerprint density at radius 1 is 1.00 bits per heavy atom. The van der Waals surface area contributed by atoms with E-state index in [0.717, 1.165) is 39.7 Å². The highest BCUT2D eigenvalue weighted by atomic mass is 79.9. The molecule has 6 rings (SSSR count). The number of halogens is 1. The van der Waals surface area contributed by atoms with Crippen molar-refractivity contribution in [2.75, 3.05) is 0 Å². The van der Waals surface area contributed by atoms with E-state index in [1.54, 1.807) is 24.3 Å². The van der Waals surface area contributed by atoms with E-state index >= 15 is 0 Å². The van der Waals surface area contributed by atoms with E-state index in [2.05, 4.69) is 52.3 Å². The predicted octanol–water partition coefficient (Wildman–Crippen LogP) is 4.79. The summed E-state index contributed by atoms with van der Waals surface area (Å²) < 4.78 is 3.50. The highest BCUT2D eigenvalue weighted by Crippen LogP contribution is 2.41. The number of nitrogens with zero attached hydrogens (tertiary/aromatic N) is 2. The molecule has 0 amide bonds. The largest absolute Gasteiger partial charge is 0.508 e.